The number of aromatic nitrogens is 2. The zero-order valence-electron chi connectivity index (χ0n) is 7.57. The molecule has 0 N–H and O–H groups in total. The number of nitrogens with zero attached hydrogens (tertiary/aromatic N) is 2. The van der Waals surface area contributed by atoms with E-state index in [2.05, 4.69) is 0 Å². The van der Waals surface area contributed by atoms with Crippen LogP contribution in [0.15, 0.2) is 30.7 Å². The lowest BCUT2D eigenvalue weighted by atomic mass is 10.4. The molecule has 0 aliphatic rings. The zero-order valence-corrected chi connectivity index (χ0v) is 9.72. The number of imidazole rings is 1. The lowest BCUT2D eigenvalue weighted by molar-refractivity contribution is -0.644. The smallest absolute Gasteiger partial charge is 0.328 e. The van der Waals surface area contributed by atoms with E-state index >= 15 is 0 Å². The summed E-state index contributed by atoms with van der Waals surface area (Å²) in [5.41, 5.74) is 1.07. The number of aryl methyl sites for hydroxylation is 1. The number of ether oxygens (including phenoxy) is 1. The van der Waals surface area contributed by atoms with Gasteiger partial charge in [-0.05, 0) is 12.1 Å². The van der Waals surface area contributed by atoms with Crippen molar-refractivity contribution in [3.63, 3.8) is 0 Å². The van der Waals surface area contributed by atoms with E-state index in [9.17, 15) is 0 Å². The van der Waals surface area contributed by atoms with Gasteiger partial charge in [0.2, 0.25) is 5.75 Å². The normalized spacial score (nSPS) is 9.69. The second-order valence-electron chi connectivity index (χ2n) is 2.72. The van der Waals surface area contributed by atoms with Crippen molar-refractivity contribution in [3.8, 4) is 5.75 Å². The van der Waals surface area contributed by atoms with E-state index in [1.165, 1.54) is 0 Å². The predicted molar refractivity (Wildman–Crippen MR) is 45.1 cm³/mol. The fourth-order valence-corrected chi connectivity index (χ4v) is 1.37. The molecule has 0 atom stereocenters. The van der Waals surface area contributed by atoms with Crippen LogP contribution in [0.5, 0.6) is 5.75 Å². The van der Waals surface area contributed by atoms with Crippen LogP contribution in [-0.2, 0) is 7.05 Å². The number of pyridine rings is 1. The minimum atomic E-state index is 0. The Bertz CT molecular complexity index is 411. The Morgan fingerprint density at radius 2 is 2.15 bits per heavy atom. The number of hydrogen-bond acceptors (Lipinski definition) is 1. The molecular weight excluding hydrogens is 279 g/mol. The van der Waals surface area contributed by atoms with E-state index < -0.39 is 0 Å². The molecule has 0 aliphatic heterocycles. The Morgan fingerprint density at radius 1 is 1.38 bits per heavy atom. The fourth-order valence-electron chi connectivity index (χ4n) is 1.37. The maximum absolute atomic E-state index is 5.22. The summed E-state index contributed by atoms with van der Waals surface area (Å²) in [5, 5.41) is 0. The van der Waals surface area contributed by atoms with Gasteiger partial charge in [-0.2, -0.15) is 4.40 Å². The molecule has 0 fully saturated rings. The molecule has 0 spiro atoms. The van der Waals surface area contributed by atoms with Crippen molar-refractivity contribution in [3.05, 3.63) is 30.7 Å². The van der Waals surface area contributed by atoms with Crippen molar-refractivity contribution in [2.75, 3.05) is 7.11 Å². The van der Waals surface area contributed by atoms with Gasteiger partial charge in [-0.15, -0.1) is 0 Å². The molecule has 0 amide bonds. The lowest BCUT2D eigenvalue weighted by Crippen LogP contribution is -3.00. The molecule has 13 heavy (non-hydrogen) atoms. The summed E-state index contributed by atoms with van der Waals surface area (Å²) in [4.78, 5) is 0. The van der Waals surface area contributed by atoms with Gasteiger partial charge in [-0.1, -0.05) is 0 Å². The van der Waals surface area contributed by atoms with Crippen LogP contribution in [0, 0.1) is 0 Å². The Hall–Kier alpha value is -0.780. The second-order valence-corrected chi connectivity index (χ2v) is 2.72. The summed E-state index contributed by atoms with van der Waals surface area (Å²) >= 11 is 0. The molecule has 0 unspecified atom stereocenters. The monoisotopic (exact) mass is 290 g/mol. The van der Waals surface area contributed by atoms with Crippen molar-refractivity contribution in [2.45, 2.75) is 0 Å². The number of rotatable bonds is 1. The number of halogens is 1. The topological polar surface area (TPSA) is 17.5 Å². The summed E-state index contributed by atoms with van der Waals surface area (Å²) in [5.74, 6) is 0.894. The van der Waals surface area contributed by atoms with Crippen LogP contribution in [0.2, 0.25) is 0 Å². The van der Waals surface area contributed by atoms with E-state index in [4.69, 9.17) is 4.74 Å². The largest absolute Gasteiger partial charge is 1.00 e. The molecule has 4 heteroatoms. The highest BCUT2D eigenvalue weighted by Gasteiger charge is 2.10. The van der Waals surface area contributed by atoms with E-state index in [0.717, 1.165) is 11.4 Å². The van der Waals surface area contributed by atoms with E-state index in [0.29, 0.717) is 0 Å². The van der Waals surface area contributed by atoms with Crippen LogP contribution >= 0.6 is 0 Å². The molecule has 0 aliphatic carbocycles. The summed E-state index contributed by atoms with van der Waals surface area (Å²) in [7, 11) is 3.68. The first-order chi connectivity index (χ1) is 5.83. The van der Waals surface area contributed by atoms with E-state index in [1.807, 2.05) is 46.7 Å². The zero-order chi connectivity index (χ0) is 8.55. The molecular formula is C9H11IN2O. The van der Waals surface area contributed by atoms with Crippen LogP contribution in [0.25, 0.3) is 5.65 Å². The second kappa shape index (κ2) is 3.95. The van der Waals surface area contributed by atoms with Gasteiger partial charge in [0, 0.05) is 0 Å². The molecule has 0 bridgehead atoms. The first-order valence-corrected chi connectivity index (χ1v) is 3.82. The van der Waals surface area contributed by atoms with Gasteiger partial charge in [0.05, 0.1) is 20.4 Å². The molecule has 2 rings (SSSR count). The van der Waals surface area contributed by atoms with Crippen LogP contribution in [0.3, 0.4) is 0 Å². The Labute approximate surface area is 94.0 Å². The van der Waals surface area contributed by atoms with E-state index in [1.54, 1.807) is 7.11 Å². The van der Waals surface area contributed by atoms with Crippen molar-refractivity contribution < 1.29 is 33.3 Å². The molecule has 2 aromatic heterocycles. The van der Waals surface area contributed by atoms with Gasteiger partial charge < -0.3 is 28.7 Å². The third kappa shape index (κ3) is 1.63. The van der Waals surface area contributed by atoms with Gasteiger partial charge in [0.25, 0.3) is 0 Å². The van der Waals surface area contributed by atoms with Crippen molar-refractivity contribution >= 4 is 5.65 Å². The number of hydrogen-bond donors (Lipinski definition) is 0. The van der Waals surface area contributed by atoms with Crippen LogP contribution in [0.1, 0.15) is 0 Å². The summed E-state index contributed by atoms with van der Waals surface area (Å²) in [6.45, 7) is 0. The van der Waals surface area contributed by atoms with Crippen molar-refractivity contribution in [1.82, 2.24) is 4.40 Å². The van der Waals surface area contributed by atoms with Crippen LogP contribution < -0.4 is 33.3 Å². The highest BCUT2D eigenvalue weighted by Crippen LogP contribution is 2.14. The molecule has 70 valence electrons. The molecule has 2 aromatic rings. The highest BCUT2D eigenvalue weighted by molar-refractivity contribution is 5.48. The summed E-state index contributed by atoms with van der Waals surface area (Å²) in [6, 6.07) is 3.92. The summed E-state index contributed by atoms with van der Waals surface area (Å²) in [6.07, 6.45) is 5.99. The molecule has 0 aromatic carbocycles. The fraction of sp³-hybridized carbons (Fsp3) is 0.222. The van der Waals surface area contributed by atoms with Crippen molar-refractivity contribution in [2.24, 2.45) is 7.05 Å². The highest BCUT2D eigenvalue weighted by atomic mass is 127. The Balaban J connectivity index is 0.000000845. The molecule has 0 saturated carbocycles. The van der Waals surface area contributed by atoms with Crippen LogP contribution in [0.4, 0.5) is 0 Å². The van der Waals surface area contributed by atoms with Crippen molar-refractivity contribution in [1.29, 1.82) is 0 Å². The SMILES string of the molecule is COc1cccn2cc[n+](C)c12.[I-]. The molecule has 0 saturated heterocycles. The Kier molecular flexibility index (Phi) is 3.13. The minimum Gasteiger partial charge on any atom is -1.00 e. The van der Waals surface area contributed by atoms with Gasteiger partial charge >= 0.3 is 5.65 Å². The lowest BCUT2D eigenvalue weighted by Gasteiger charge is -1.97. The average Bonchev–Trinajstić information content (AvgIpc) is 2.48. The quantitative estimate of drug-likeness (QED) is 0.429. The Morgan fingerprint density at radius 3 is 2.85 bits per heavy atom. The van der Waals surface area contributed by atoms with Gasteiger partial charge in [-0.3, -0.25) is 0 Å². The molecule has 0 radical (unpaired) electrons. The minimum absolute atomic E-state index is 0. The first kappa shape index (κ1) is 10.3. The van der Waals surface area contributed by atoms with Gasteiger partial charge in [0.1, 0.15) is 12.4 Å². The molecule has 2 heterocycles. The van der Waals surface area contributed by atoms with Gasteiger partial charge in [-0.25, -0.2) is 4.57 Å². The predicted octanol–water partition coefficient (Wildman–Crippen LogP) is -2.22. The van der Waals surface area contributed by atoms with Crippen LogP contribution in [-0.4, -0.2) is 11.5 Å². The third-order valence-electron chi connectivity index (χ3n) is 1.96. The number of fused-ring (bicyclic) bond motifs is 1. The maximum atomic E-state index is 5.22. The van der Waals surface area contributed by atoms with Gasteiger partial charge in [0.15, 0.2) is 0 Å². The average molecular weight is 290 g/mol. The molecule has 3 nitrogen and oxygen atoms in total. The summed E-state index contributed by atoms with van der Waals surface area (Å²) < 4.78 is 9.28. The first-order valence-electron chi connectivity index (χ1n) is 3.82. The van der Waals surface area contributed by atoms with E-state index in [-0.39, 0.29) is 24.0 Å². The standard InChI is InChI=1S/C9H11N2O.HI/c1-10-6-7-11-5-3-4-8(12-2)9(10)11;/h3-7H,1-2H3;1H/q+1;/p-1. The third-order valence-corrected chi connectivity index (χ3v) is 1.96. The number of methoxy groups -OCH3 is 1. The maximum Gasteiger partial charge on any atom is 0.328 e.